The van der Waals surface area contributed by atoms with E-state index in [4.69, 9.17) is 15.2 Å². The molecule has 0 bridgehead atoms. The van der Waals surface area contributed by atoms with Crippen LogP contribution in [0.25, 0.3) is 0 Å². The van der Waals surface area contributed by atoms with E-state index in [1.165, 1.54) is 14.0 Å². The molecule has 0 heterocycles. The van der Waals surface area contributed by atoms with Crippen molar-refractivity contribution in [2.75, 3.05) is 14.2 Å². The topological polar surface area (TPSA) is 111 Å². The number of aliphatic hydroxyl groups is 1. The van der Waals surface area contributed by atoms with Crippen molar-refractivity contribution < 1.29 is 24.2 Å². The van der Waals surface area contributed by atoms with Crippen molar-refractivity contribution in [3.05, 3.63) is 59.7 Å². The van der Waals surface area contributed by atoms with E-state index in [1.54, 1.807) is 26.2 Å². The Bertz CT molecular complexity index is 883. The maximum atomic E-state index is 12.9. The van der Waals surface area contributed by atoms with Crippen LogP contribution in [0.1, 0.15) is 31.4 Å². The fourth-order valence-electron chi connectivity index (χ4n) is 3.24. The van der Waals surface area contributed by atoms with Gasteiger partial charge < -0.3 is 25.6 Å². The molecule has 0 aliphatic carbocycles. The van der Waals surface area contributed by atoms with Gasteiger partial charge in [-0.15, -0.1) is 0 Å². The molecule has 0 fully saturated rings. The number of nitrogens with two attached hydrogens (primary N) is 1. The minimum absolute atomic E-state index is 0.241. The first-order chi connectivity index (χ1) is 14.7. The van der Waals surface area contributed by atoms with Crippen molar-refractivity contribution in [1.82, 2.24) is 5.32 Å². The zero-order valence-electron chi connectivity index (χ0n) is 18.6. The van der Waals surface area contributed by atoms with Gasteiger partial charge in [0.1, 0.15) is 5.60 Å². The summed E-state index contributed by atoms with van der Waals surface area (Å²) in [6, 6.07) is 12.9. The molecule has 0 aliphatic rings. The third kappa shape index (κ3) is 6.54. The van der Waals surface area contributed by atoms with Crippen molar-refractivity contribution in [3.8, 4) is 11.5 Å². The Morgan fingerprint density at radius 3 is 2.26 bits per heavy atom. The van der Waals surface area contributed by atoms with Gasteiger partial charge in [-0.1, -0.05) is 43.3 Å². The molecule has 2 aromatic carbocycles. The number of carbonyl (C=O) groups is 2. The van der Waals surface area contributed by atoms with Gasteiger partial charge >= 0.3 is 0 Å². The third-order valence-corrected chi connectivity index (χ3v) is 5.38. The maximum absolute atomic E-state index is 12.9. The van der Waals surface area contributed by atoms with Crippen LogP contribution in [0.15, 0.2) is 48.5 Å². The Morgan fingerprint density at radius 2 is 1.68 bits per heavy atom. The summed E-state index contributed by atoms with van der Waals surface area (Å²) >= 11 is 0. The molecule has 3 atom stereocenters. The molecule has 31 heavy (non-hydrogen) atoms. The van der Waals surface area contributed by atoms with Crippen molar-refractivity contribution in [1.29, 1.82) is 0 Å². The van der Waals surface area contributed by atoms with E-state index in [-0.39, 0.29) is 19.3 Å². The smallest absolute Gasteiger partial charge is 0.237 e. The SMILES string of the molecule is CC[C@@](C)(O)C(=O)[C@H](Cc1ccccc1)NC(=O)[C@@H](N)Cc1ccc(OC)c(OC)c1. The van der Waals surface area contributed by atoms with Gasteiger partial charge in [-0.25, -0.2) is 0 Å². The summed E-state index contributed by atoms with van der Waals surface area (Å²) in [6.45, 7) is 3.19. The lowest BCUT2D eigenvalue weighted by Gasteiger charge is -2.27. The van der Waals surface area contributed by atoms with Crippen molar-refractivity contribution in [3.63, 3.8) is 0 Å². The van der Waals surface area contributed by atoms with Gasteiger partial charge in [0, 0.05) is 0 Å². The molecule has 0 aliphatic heterocycles. The molecule has 0 spiro atoms. The van der Waals surface area contributed by atoms with Crippen molar-refractivity contribution in [2.24, 2.45) is 5.73 Å². The van der Waals surface area contributed by atoms with Gasteiger partial charge in [-0.3, -0.25) is 9.59 Å². The largest absolute Gasteiger partial charge is 0.493 e. The standard InChI is InChI=1S/C24H32N2O5/c1-5-24(2,29)22(27)19(14-16-9-7-6-8-10-16)26-23(28)18(25)13-17-11-12-20(30-3)21(15-17)31-4/h6-12,15,18-19,29H,5,13-14,25H2,1-4H3,(H,26,28)/t18-,19-,24+/m0/s1. The number of rotatable bonds is 11. The van der Waals surface area contributed by atoms with E-state index >= 15 is 0 Å². The first kappa shape index (κ1) is 24.4. The number of benzene rings is 2. The monoisotopic (exact) mass is 428 g/mol. The number of carbonyl (C=O) groups excluding carboxylic acids is 2. The van der Waals surface area contributed by atoms with Gasteiger partial charge in [0.15, 0.2) is 17.3 Å². The fourth-order valence-corrected chi connectivity index (χ4v) is 3.24. The summed E-state index contributed by atoms with van der Waals surface area (Å²) in [4.78, 5) is 25.8. The number of ether oxygens (including phenoxy) is 2. The van der Waals surface area contributed by atoms with E-state index in [2.05, 4.69) is 5.32 Å². The van der Waals surface area contributed by atoms with E-state index in [1.807, 2.05) is 36.4 Å². The molecular weight excluding hydrogens is 396 g/mol. The van der Waals surface area contributed by atoms with E-state index in [0.29, 0.717) is 11.5 Å². The number of amides is 1. The van der Waals surface area contributed by atoms with Crippen LogP contribution in [0.3, 0.4) is 0 Å². The van der Waals surface area contributed by atoms with Gasteiger partial charge in [-0.2, -0.15) is 0 Å². The van der Waals surface area contributed by atoms with E-state index < -0.39 is 29.4 Å². The Labute approximate surface area is 183 Å². The second-order valence-electron chi connectivity index (χ2n) is 7.74. The predicted octanol–water partition coefficient (Wildman–Crippen LogP) is 2.03. The van der Waals surface area contributed by atoms with E-state index in [0.717, 1.165) is 11.1 Å². The Morgan fingerprint density at radius 1 is 1.03 bits per heavy atom. The van der Waals surface area contributed by atoms with Gasteiger partial charge in [0.25, 0.3) is 0 Å². The highest BCUT2D eigenvalue weighted by atomic mass is 16.5. The molecule has 4 N–H and O–H groups in total. The second kappa shape index (κ2) is 10.9. The summed E-state index contributed by atoms with van der Waals surface area (Å²) in [7, 11) is 3.08. The molecule has 0 radical (unpaired) electrons. The van der Waals surface area contributed by atoms with Crippen LogP contribution in [0.5, 0.6) is 11.5 Å². The average Bonchev–Trinajstić information content (AvgIpc) is 2.78. The van der Waals surface area contributed by atoms with Crippen LogP contribution in [0, 0.1) is 0 Å². The number of hydrogen-bond acceptors (Lipinski definition) is 6. The lowest BCUT2D eigenvalue weighted by Crippen LogP contribution is -2.55. The minimum Gasteiger partial charge on any atom is -0.493 e. The lowest BCUT2D eigenvalue weighted by atomic mass is 9.89. The molecule has 168 valence electrons. The maximum Gasteiger partial charge on any atom is 0.237 e. The second-order valence-corrected chi connectivity index (χ2v) is 7.74. The number of Topliss-reactive ketones (excluding diaryl/α,β-unsaturated/α-hetero) is 1. The molecule has 0 saturated carbocycles. The number of methoxy groups -OCH3 is 2. The molecule has 7 heteroatoms. The van der Waals surface area contributed by atoms with Crippen LogP contribution >= 0.6 is 0 Å². The van der Waals surface area contributed by atoms with E-state index in [9.17, 15) is 14.7 Å². The van der Waals surface area contributed by atoms with Crippen LogP contribution < -0.4 is 20.5 Å². The summed E-state index contributed by atoms with van der Waals surface area (Å²) in [5, 5.41) is 13.2. The van der Waals surface area contributed by atoms with Gasteiger partial charge in [-0.05, 0) is 49.4 Å². The fraction of sp³-hybridized carbons (Fsp3) is 0.417. The van der Waals surface area contributed by atoms with Crippen LogP contribution in [0.2, 0.25) is 0 Å². The first-order valence-corrected chi connectivity index (χ1v) is 10.3. The summed E-state index contributed by atoms with van der Waals surface area (Å²) in [6.07, 6.45) is 0.762. The Balaban J connectivity index is 2.15. The Kier molecular flexibility index (Phi) is 8.59. The molecular formula is C24H32N2O5. The normalized spacial score (nSPS) is 14.8. The zero-order valence-corrected chi connectivity index (χ0v) is 18.6. The average molecular weight is 429 g/mol. The molecule has 1 amide bonds. The number of ketones is 1. The van der Waals surface area contributed by atoms with Crippen molar-refractivity contribution >= 4 is 11.7 Å². The number of nitrogens with one attached hydrogen (secondary N) is 1. The summed E-state index contributed by atoms with van der Waals surface area (Å²) in [5.41, 5.74) is 6.27. The lowest BCUT2D eigenvalue weighted by molar-refractivity contribution is -0.140. The Hall–Kier alpha value is -2.90. The first-order valence-electron chi connectivity index (χ1n) is 10.3. The van der Waals surface area contributed by atoms with Crippen molar-refractivity contribution in [2.45, 2.75) is 50.8 Å². The summed E-state index contributed by atoms with van der Waals surface area (Å²) in [5.74, 6) is 0.227. The highest BCUT2D eigenvalue weighted by Gasteiger charge is 2.35. The zero-order chi connectivity index (χ0) is 23.0. The quantitative estimate of drug-likeness (QED) is 0.505. The molecule has 2 rings (SSSR count). The van der Waals surface area contributed by atoms with Crippen LogP contribution in [-0.4, -0.2) is 48.7 Å². The molecule has 0 unspecified atom stereocenters. The van der Waals surface area contributed by atoms with Crippen LogP contribution in [-0.2, 0) is 22.4 Å². The highest BCUT2D eigenvalue weighted by molar-refractivity contribution is 5.95. The van der Waals surface area contributed by atoms with Gasteiger partial charge in [0.2, 0.25) is 5.91 Å². The van der Waals surface area contributed by atoms with Crippen LogP contribution in [0.4, 0.5) is 0 Å². The molecule has 7 nitrogen and oxygen atoms in total. The predicted molar refractivity (Wildman–Crippen MR) is 119 cm³/mol. The minimum atomic E-state index is -1.54. The highest BCUT2D eigenvalue weighted by Crippen LogP contribution is 2.28. The molecule has 2 aromatic rings. The third-order valence-electron chi connectivity index (χ3n) is 5.38. The molecule has 0 aromatic heterocycles. The molecule has 0 saturated heterocycles. The van der Waals surface area contributed by atoms with Gasteiger partial charge in [0.05, 0.1) is 26.3 Å². The summed E-state index contributed by atoms with van der Waals surface area (Å²) < 4.78 is 10.5. The number of hydrogen-bond donors (Lipinski definition) is 3.